The lowest BCUT2D eigenvalue weighted by molar-refractivity contribution is 1.31. The van der Waals surface area contributed by atoms with E-state index in [1.54, 1.807) is 0 Å². The zero-order valence-electron chi connectivity index (χ0n) is 14.6. The van der Waals surface area contributed by atoms with Crippen LogP contribution < -0.4 is 0 Å². The smallest absolute Gasteiger partial charge is 0.0692 e. The minimum absolute atomic E-state index is 0.786. The van der Waals surface area contributed by atoms with E-state index in [0.717, 1.165) is 29.0 Å². The maximum absolute atomic E-state index is 4.90. The molecule has 0 saturated heterocycles. The van der Waals surface area contributed by atoms with Crippen LogP contribution in [-0.2, 0) is 0 Å². The molecule has 120 valence electrons. The number of hydrogen-bond donors (Lipinski definition) is 0. The number of benzene rings is 2. The molecule has 23 heavy (non-hydrogen) atoms. The minimum atomic E-state index is 0.786. The highest BCUT2D eigenvalue weighted by atomic mass is 31.0. The van der Waals surface area contributed by atoms with Gasteiger partial charge in [-0.05, 0) is 56.9 Å². The number of rotatable bonds is 4. The van der Waals surface area contributed by atoms with Crippen LogP contribution in [0.3, 0.4) is 0 Å². The predicted molar refractivity (Wildman–Crippen MR) is 106 cm³/mol. The zero-order valence-corrected chi connectivity index (χ0v) is 15.8. The van der Waals surface area contributed by atoms with Gasteiger partial charge in [0.25, 0.3) is 0 Å². The van der Waals surface area contributed by atoms with Crippen molar-refractivity contribution in [3.05, 3.63) is 58.7 Å². The highest BCUT2D eigenvalue weighted by Gasteiger charge is 2.08. The Bertz CT molecular complexity index is 733. The summed E-state index contributed by atoms with van der Waals surface area (Å²) in [6.45, 7) is 10.4. The second-order valence-electron chi connectivity index (χ2n) is 5.94. The van der Waals surface area contributed by atoms with Gasteiger partial charge in [-0.25, -0.2) is 0 Å². The number of aryl methyl sites for hydroxylation is 4. The van der Waals surface area contributed by atoms with E-state index in [2.05, 4.69) is 73.3 Å². The van der Waals surface area contributed by atoms with Gasteiger partial charge >= 0.3 is 0 Å². The molecule has 3 heteroatoms. The van der Waals surface area contributed by atoms with Crippen molar-refractivity contribution in [3.63, 3.8) is 0 Å². The van der Waals surface area contributed by atoms with E-state index in [-0.39, 0.29) is 0 Å². The summed E-state index contributed by atoms with van der Waals surface area (Å²) in [6.07, 6.45) is 0.786. The third kappa shape index (κ3) is 4.14. The summed E-state index contributed by atoms with van der Waals surface area (Å²) in [5.74, 6) is 0. The highest BCUT2D eigenvalue weighted by Crippen LogP contribution is 2.26. The molecule has 0 bridgehead atoms. The first-order valence-corrected chi connectivity index (χ1v) is 8.71. The van der Waals surface area contributed by atoms with Crippen molar-refractivity contribution in [2.75, 3.05) is 6.16 Å². The number of nitrogens with zero attached hydrogens (tertiary/aromatic N) is 2. The lowest BCUT2D eigenvalue weighted by Gasteiger charge is -2.10. The van der Waals surface area contributed by atoms with Gasteiger partial charge in [-0.2, -0.15) is 0 Å². The van der Waals surface area contributed by atoms with Gasteiger partial charge in [-0.3, -0.25) is 9.98 Å². The molecular formula is C20H25N2P. The third-order valence-corrected chi connectivity index (χ3v) is 4.40. The summed E-state index contributed by atoms with van der Waals surface area (Å²) in [4.78, 5) is 9.75. The van der Waals surface area contributed by atoms with Crippen molar-refractivity contribution in [1.82, 2.24) is 0 Å². The molecule has 0 aliphatic rings. The molecule has 0 aromatic heterocycles. The molecule has 0 N–H and O–H groups in total. The Labute approximate surface area is 142 Å². The fourth-order valence-corrected chi connectivity index (χ4v) is 2.99. The van der Waals surface area contributed by atoms with E-state index < -0.39 is 0 Å². The van der Waals surface area contributed by atoms with Crippen LogP contribution in [0.15, 0.2) is 46.4 Å². The Kier molecular flexibility index (Phi) is 5.85. The van der Waals surface area contributed by atoms with E-state index >= 15 is 0 Å². The van der Waals surface area contributed by atoms with Crippen LogP contribution in [0.4, 0.5) is 11.4 Å². The molecule has 0 aliphatic carbocycles. The van der Waals surface area contributed by atoms with Crippen molar-refractivity contribution in [2.24, 2.45) is 9.98 Å². The molecule has 0 radical (unpaired) electrons. The fraction of sp³-hybridized carbons (Fsp3) is 0.300. The highest BCUT2D eigenvalue weighted by molar-refractivity contribution is 7.19. The van der Waals surface area contributed by atoms with Crippen molar-refractivity contribution in [1.29, 1.82) is 0 Å². The third-order valence-electron chi connectivity index (χ3n) is 4.02. The van der Waals surface area contributed by atoms with Crippen LogP contribution in [-0.4, -0.2) is 17.6 Å². The van der Waals surface area contributed by atoms with Crippen LogP contribution in [0.25, 0.3) is 0 Å². The molecule has 0 amide bonds. The minimum Gasteiger partial charge on any atom is -0.251 e. The average molecular weight is 324 g/mol. The summed E-state index contributed by atoms with van der Waals surface area (Å²) in [6, 6.07) is 12.5. The monoisotopic (exact) mass is 324 g/mol. The van der Waals surface area contributed by atoms with Crippen LogP contribution >= 0.6 is 9.24 Å². The van der Waals surface area contributed by atoms with E-state index in [0.29, 0.717) is 0 Å². The molecule has 0 fully saturated rings. The predicted octanol–water partition coefficient (Wildman–Crippen LogP) is 5.66. The SMILES string of the molecule is CC(=Nc1c(C)cccc1C)C(CP)=Nc1c(C)cccc1C. The van der Waals surface area contributed by atoms with Gasteiger partial charge in [0, 0.05) is 6.16 Å². The fourth-order valence-electron chi connectivity index (χ4n) is 2.61. The average Bonchev–Trinajstić information content (AvgIpc) is 2.51. The Balaban J connectivity index is 2.49. The maximum Gasteiger partial charge on any atom is 0.0692 e. The first kappa shape index (κ1) is 17.6. The Morgan fingerprint density at radius 3 is 1.57 bits per heavy atom. The summed E-state index contributed by atoms with van der Waals surface area (Å²) >= 11 is 0. The molecule has 0 aliphatic heterocycles. The van der Waals surface area contributed by atoms with Crippen LogP contribution in [0, 0.1) is 27.7 Å². The van der Waals surface area contributed by atoms with Crippen LogP contribution in [0.5, 0.6) is 0 Å². The van der Waals surface area contributed by atoms with Gasteiger partial charge in [0.2, 0.25) is 0 Å². The Hall–Kier alpha value is -1.79. The van der Waals surface area contributed by atoms with Crippen LogP contribution in [0.1, 0.15) is 29.2 Å². The van der Waals surface area contributed by atoms with Gasteiger partial charge < -0.3 is 0 Å². The molecule has 2 rings (SSSR count). The molecule has 0 saturated carbocycles. The standard InChI is InChI=1S/C20H25N2P/c1-13-8-6-9-14(2)19(13)21-17(5)18(12-23)22-20-15(3)10-7-11-16(20)4/h6-11H,12,23H2,1-5H3. The van der Waals surface area contributed by atoms with Gasteiger partial charge in [0.1, 0.15) is 0 Å². The Morgan fingerprint density at radius 1 is 0.783 bits per heavy atom. The van der Waals surface area contributed by atoms with Gasteiger partial charge in [0.05, 0.1) is 22.8 Å². The lowest BCUT2D eigenvalue weighted by Crippen LogP contribution is -2.12. The Morgan fingerprint density at radius 2 is 1.17 bits per heavy atom. The zero-order chi connectivity index (χ0) is 17.0. The number of para-hydroxylation sites is 2. The van der Waals surface area contributed by atoms with Gasteiger partial charge in [-0.1, -0.05) is 36.4 Å². The van der Waals surface area contributed by atoms with Crippen molar-refractivity contribution < 1.29 is 0 Å². The molecule has 2 aromatic rings. The molecule has 1 atom stereocenters. The number of hydrogen-bond acceptors (Lipinski definition) is 2. The van der Waals surface area contributed by atoms with Crippen molar-refractivity contribution >= 4 is 32.0 Å². The second-order valence-corrected chi connectivity index (χ2v) is 6.35. The number of aliphatic imine (C=N–C) groups is 2. The molecule has 2 aromatic carbocycles. The molecule has 0 spiro atoms. The van der Waals surface area contributed by atoms with E-state index in [1.165, 1.54) is 22.3 Å². The first-order valence-electron chi connectivity index (χ1n) is 7.89. The van der Waals surface area contributed by atoms with Crippen molar-refractivity contribution in [2.45, 2.75) is 34.6 Å². The van der Waals surface area contributed by atoms with E-state index in [1.807, 2.05) is 6.92 Å². The molecular weight excluding hydrogens is 299 g/mol. The quantitative estimate of drug-likeness (QED) is 0.512. The van der Waals surface area contributed by atoms with Crippen molar-refractivity contribution in [3.8, 4) is 0 Å². The second kappa shape index (κ2) is 7.66. The summed E-state index contributed by atoms with van der Waals surface area (Å²) < 4.78 is 0. The van der Waals surface area contributed by atoms with Crippen LogP contribution in [0.2, 0.25) is 0 Å². The van der Waals surface area contributed by atoms with E-state index in [9.17, 15) is 0 Å². The summed E-state index contributed by atoms with van der Waals surface area (Å²) in [5.41, 5.74) is 8.87. The first-order chi connectivity index (χ1) is 10.9. The van der Waals surface area contributed by atoms with E-state index in [4.69, 9.17) is 9.98 Å². The molecule has 2 nitrogen and oxygen atoms in total. The van der Waals surface area contributed by atoms with Gasteiger partial charge in [0.15, 0.2) is 0 Å². The molecule has 1 unspecified atom stereocenters. The summed E-state index contributed by atoms with van der Waals surface area (Å²) in [7, 11) is 2.77. The lowest BCUT2D eigenvalue weighted by atomic mass is 10.1. The van der Waals surface area contributed by atoms with Gasteiger partial charge in [-0.15, -0.1) is 9.24 Å². The largest absolute Gasteiger partial charge is 0.251 e. The topological polar surface area (TPSA) is 24.7 Å². The summed E-state index contributed by atoms with van der Waals surface area (Å²) in [5, 5.41) is 0. The normalized spacial score (nSPS) is 12.6. The molecule has 0 heterocycles. The maximum atomic E-state index is 4.90.